The molecule has 0 amide bonds. The van der Waals surface area contributed by atoms with Crippen molar-refractivity contribution < 1.29 is 14.1 Å². The van der Waals surface area contributed by atoms with Gasteiger partial charge in [-0.15, -0.1) is 0 Å². The molecule has 0 aliphatic heterocycles. The molecule has 1 aromatic heterocycles. The van der Waals surface area contributed by atoms with E-state index in [0.717, 1.165) is 18.7 Å². The quantitative estimate of drug-likeness (QED) is 0.431. The lowest BCUT2D eigenvalue weighted by molar-refractivity contribution is -0.384. The van der Waals surface area contributed by atoms with Gasteiger partial charge in [0.25, 0.3) is 5.69 Å². The van der Waals surface area contributed by atoms with Gasteiger partial charge in [0.1, 0.15) is 17.1 Å². The van der Waals surface area contributed by atoms with Crippen LogP contribution in [0.1, 0.15) is 25.0 Å². The zero-order valence-corrected chi connectivity index (χ0v) is 17.0. The fourth-order valence-corrected chi connectivity index (χ4v) is 3.41. The van der Waals surface area contributed by atoms with Crippen molar-refractivity contribution in [1.29, 1.82) is 0 Å². The summed E-state index contributed by atoms with van der Waals surface area (Å²) in [4.78, 5) is 25.7. The van der Waals surface area contributed by atoms with Crippen molar-refractivity contribution in [3.63, 3.8) is 0 Å². The van der Waals surface area contributed by atoms with Gasteiger partial charge >= 0.3 is 0 Å². The summed E-state index contributed by atoms with van der Waals surface area (Å²) in [5, 5.41) is 11.4. The van der Waals surface area contributed by atoms with E-state index >= 15 is 0 Å². The van der Waals surface area contributed by atoms with E-state index in [0.29, 0.717) is 40.2 Å². The SMILES string of the molecule is CCN(CC)Cc1c(OC)ccc2c(=O)c(C)c(-c3ccc([N+](=O)[O-])cc3)oc12. The van der Waals surface area contributed by atoms with Crippen molar-refractivity contribution in [2.24, 2.45) is 0 Å². The third-order valence-corrected chi connectivity index (χ3v) is 5.18. The van der Waals surface area contributed by atoms with Crippen molar-refractivity contribution in [2.75, 3.05) is 20.2 Å². The van der Waals surface area contributed by atoms with Crippen molar-refractivity contribution in [1.82, 2.24) is 4.90 Å². The highest BCUT2D eigenvalue weighted by atomic mass is 16.6. The van der Waals surface area contributed by atoms with E-state index in [1.807, 2.05) is 0 Å². The van der Waals surface area contributed by atoms with Crippen LogP contribution in [0.3, 0.4) is 0 Å². The number of nitro benzene ring substituents is 1. The Morgan fingerprint density at radius 2 is 1.76 bits per heavy atom. The van der Waals surface area contributed by atoms with E-state index in [1.165, 1.54) is 12.1 Å². The maximum Gasteiger partial charge on any atom is 0.269 e. The molecular formula is C22H24N2O5. The first-order chi connectivity index (χ1) is 13.9. The van der Waals surface area contributed by atoms with Gasteiger partial charge in [-0.25, -0.2) is 0 Å². The number of ether oxygens (including phenoxy) is 1. The highest BCUT2D eigenvalue weighted by Crippen LogP contribution is 2.33. The smallest absolute Gasteiger partial charge is 0.269 e. The van der Waals surface area contributed by atoms with E-state index in [4.69, 9.17) is 9.15 Å². The van der Waals surface area contributed by atoms with Gasteiger partial charge in [0.05, 0.1) is 23.0 Å². The van der Waals surface area contributed by atoms with Crippen molar-refractivity contribution in [3.05, 3.63) is 67.9 Å². The molecule has 152 valence electrons. The number of hydrogen-bond donors (Lipinski definition) is 0. The molecule has 0 saturated heterocycles. The second-order valence-corrected chi connectivity index (χ2v) is 6.77. The summed E-state index contributed by atoms with van der Waals surface area (Å²) < 4.78 is 11.8. The summed E-state index contributed by atoms with van der Waals surface area (Å²) in [7, 11) is 1.59. The minimum absolute atomic E-state index is 0.0153. The zero-order chi connectivity index (χ0) is 21.1. The molecule has 0 N–H and O–H groups in total. The maximum atomic E-state index is 13.1. The van der Waals surface area contributed by atoms with Gasteiger partial charge in [-0.3, -0.25) is 19.8 Å². The van der Waals surface area contributed by atoms with E-state index < -0.39 is 4.92 Å². The number of methoxy groups -OCH3 is 1. The fourth-order valence-electron chi connectivity index (χ4n) is 3.41. The molecular weight excluding hydrogens is 372 g/mol. The first kappa shape index (κ1) is 20.5. The van der Waals surface area contributed by atoms with Crippen LogP contribution in [-0.2, 0) is 6.54 Å². The van der Waals surface area contributed by atoms with Crippen LogP contribution in [0.15, 0.2) is 45.6 Å². The standard InChI is InChI=1S/C22H24N2O5/c1-5-23(6-2)13-18-19(28-4)12-11-17-20(25)14(3)21(29-22(17)18)15-7-9-16(10-8-15)24(26)27/h7-12H,5-6,13H2,1-4H3. The molecule has 0 aliphatic rings. The van der Waals surface area contributed by atoms with Gasteiger partial charge in [0.2, 0.25) is 0 Å². The topological polar surface area (TPSA) is 85.8 Å². The Hall–Kier alpha value is -3.19. The first-order valence-electron chi connectivity index (χ1n) is 9.51. The molecule has 29 heavy (non-hydrogen) atoms. The predicted molar refractivity (Wildman–Crippen MR) is 112 cm³/mol. The van der Waals surface area contributed by atoms with E-state index in [9.17, 15) is 14.9 Å². The Morgan fingerprint density at radius 1 is 1.10 bits per heavy atom. The van der Waals surface area contributed by atoms with E-state index in [1.54, 1.807) is 38.3 Å². The van der Waals surface area contributed by atoms with E-state index in [-0.39, 0.29) is 11.1 Å². The second-order valence-electron chi connectivity index (χ2n) is 6.77. The lowest BCUT2D eigenvalue weighted by Crippen LogP contribution is -2.23. The fraction of sp³-hybridized carbons (Fsp3) is 0.318. The molecule has 0 fully saturated rings. The van der Waals surface area contributed by atoms with Crippen LogP contribution in [0.4, 0.5) is 5.69 Å². The Kier molecular flexibility index (Phi) is 5.98. The van der Waals surface area contributed by atoms with Crippen LogP contribution in [-0.4, -0.2) is 30.0 Å². The largest absolute Gasteiger partial charge is 0.496 e. The average molecular weight is 396 g/mol. The minimum atomic E-state index is -0.458. The maximum absolute atomic E-state index is 13.1. The summed E-state index contributed by atoms with van der Waals surface area (Å²) in [5.41, 5.74) is 2.24. The lowest BCUT2D eigenvalue weighted by Gasteiger charge is -2.21. The van der Waals surface area contributed by atoms with Gasteiger partial charge in [0, 0.05) is 29.8 Å². The van der Waals surface area contributed by atoms with Gasteiger partial charge in [-0.2, -0.15) is 0 Å². The molecule has 2 aromatic carbocycles. The third-order valence-electron chi connectivity index (χ3n) is 5.18. The molecule has 0 radical (unpaired) electrons. The Balaban J connectivity index is 2.26. The lowest BCUT2D eigenvalue weighted by atomic mass is 10.0. The third kappa shape index (κ3) is 3.86. The van der Waals surface area contributed by atoms with Crippen LogP contribution in [0.5, 0.6) is 5.75 Å². The van der Waals surface area contributed by atoms with E-state index in [2.05, 4.69) is 18.7 Å². The first-order valence-corrected chi connectivity index (χ1v) is 9.51. The molecule has 0 spiro atoms. The zero-order valence-electron chi connectivity index (χ0n) is 17.0. The van der Waals surface area contributed by atoms with Gasteiger partial charge in [-0.05, 0) is 44.3 Å². The monoisotopic (exact) mass is 396 g/mol. The van der Waals surface area contributed by atoms with Crippen LogP contribution in [0.2, 0.25) is 0 Å². The summed E-state index contributed by atoms with van der Waals surface area (Å²) in [5.74, 6) is 1.07. The highest BCUT2D eigenvalue weighted by Gasteiger charge is 2.19. The summed E-state index contributed by atoms with van der Waals surface area (Å²) in [6.45, 7) is 8.13. The predicted octanol–water partition coefficient (Wildman–Crippen LogP) is 4.53. The van der Waals surface area contributed by atoms with Gasteiger partial charge in [0.15, 0.2) is 5.43 Å². The summed E-state index contributed by atoms with van der Waals surface area (Å²) >= 11 is 0. The molecule has 7 heteroatoms. The molecule has 1 heterocycles. The minimum Gasteiger partial charge on any atom is -0.496 e. The molecule has 0 saturated carbocycles. The van der Waals surface area contributed by atoms with Crippen LogP contribution < -0.4 is 10.2 Å². The van der Waals surface area contributed by atoms with Crippen LogP contribution in [0.25, 0.3) is 22.3 Å². The Labute approximate surface area is 168 Å². The number of nitro groups is 1. The number of rotatable bonds is 7. The normalized spacial score (nSPS) is 11.2. The van der Waals surface area contributed by atoms with Crippen molar-refractivity contribution in [3.8, 4) is 17.1 Å². The van der Waals surface area contributed by atoms with Crippen molar-refractivity contribution in [2.45, 2.75) is 27.3 Å². The van der Waals surface area contributed by atoms with Crippen molar-refractivity contribution >= 4 is 16.7 Å². The molecule has 0 unspecified atom stereocenters. The summed E-state index contributed by atoms with van der Waals surface area (Å²) in [6.07, 6.45) is 0. The number of non-ortho nitro benzene ring substituents is 1. The van der Waals surface area contributed by atoms with Gasteiger partial charge in [-0.1, -0.05) is 13.8 Å². The summed E-state index contributed by atoms with van der Waals surface area (Å²) in [6, 6.07) is 9.52. The number of fused-ring (bicyclic) bond motifs is 1. The molecule has 3 aromatic rings. The number of hydrogen-bond acceptors (Lipinski definition) is 6. The number of benzene rings is 2. The molecule has 0 bridgehead atoms. The Bertz CT molecular complexity index is 1100. The number of nitrogens with zero attached hydrogens (tertiary/aromatic N) is 2. The van der Waals surface area contributed by atoms with Gasteiger partial charge < -0.3 is 9.15 Å². The molecule has 7 nitrogen and oxygen atoms in total. The second kappa shape index (κ2) is 8.45. The molecule has 3 rings (SSSR count). The highest BCUT2D eigenvalue weighted by molar-refractivity contribution is 5.85. The van der Waals surface area contributed by atoms with Crippen LogP contribution >= 0.6 is 0 Å². The average Bonchev–Trinajstić information content (AvgIpc) is 2.74. The van der Waals surface area contributed by atoms with Crippen LogP contribution in [0, 0.1) is 17.0 Å². The molecule has 0 aliphatic carbocycles. The molecule has 0 atom stereocenters. The Morgan fingerprint density at radius 3 is 2.31 bits per heavy atom.